The molecule has 1 atom stereocenters. The van der Waals surface area contributed by atoms with Crippen molar-refractivity contribution in [3.8, 4) is 17.3 Å². The minimum Gasteiger partial charge on any atom is -0.487 e. The molecule has 8 heteroatoms. The number of ether oxygens (including phenoxy) is 1. The third-order valence-electron chi connectivity index (χ3n) is 3.58. The van der Waals surface area contributed by atoms with Gasteiger partial charge in [0.25, 0.3) is 0 Å². The molecule has 3 N–H and O–H groups in total. The van der Waals surface area contributed by atoms with Gasteiger partial charge in [0.1, 0.15) is 23.1 Å². The van der Waals surface area contributed by atoms with Gasteiger partial charge in [0.05, 0.1) is 5.52 Å². The van der Waals surface area contributed by atoms with Crippen molar-refractivity contribution in [1.82, 2.24) is 30.5 Å². The Balaban J connectivity index is 1.83. The van der Waals surface area contributed by atoms with Crippen molar-refractivity contribution >= 4 is 11.0 Å². The number of hydrogen-bond donors (Lipinski definition) is 3. The number of rotatable bonds is 3. The van der Waals surface area contributed by atoms with E-state index in [0.717, 1.165) is 19.5 Å². The van der Waals surface area contributed by atoms with Gasteiger partial charge in [0.15, 0.2) is 5.82 Å². The third kappa shape index (κ3) is 2.33. The van der Waals surface area contributed by atoms with Crippen molar-refractivity contribution < 1.29 is 4.74 Å². The Labute approximate surface area is 125 Å². The number of H-pyrrole nitrogens is 2. The Morgan fingerprint density at radius 3 is 3.09 bits per heavy atom. The van der Waals surface area contributed by atoms with Crippen LogP contribution in [0.1, 0.15) is 6.42 Å². The zero-order valence-corrected chi connectivity index (χ0v) is 11.7. The fourth-order valence-corrected chi connectivity index (χ4v) is 2.54. The Kier molecular flexibility index (Phi) is 3.08. The number of nitrogens with one attached hydrogen (secondary N) is 3. The lowest BCUT2D eigenvalue weighted by molar-refractivity contribution is 0.225. The Morgan fingerprint density at radius 1 is 1.36 bits per heavy atom. The predicted molar refractivity (Wildman–Crippen MR) is 79.6 cm³/mol. The van der Waals surface area contributed by atoms with E-state index in [0.29, 0.717) is 28.3 Å². The molecule has 22 heavy (non-hydrogen) atoms. The lowest BCUT2D eigenvalue weighted by Gasteiger charge is -2.14. The molecule has 0 amide bonds. The van der Waals surface area contributed by atoms with Crippen molar-refractivity contribution in [3.05, 3.63) is 34.9 Å². The van der Waals surface area contributed by atoms with Crippen LogP contribution in [0.5, 0.6) is 5.75 Å². The van der Waals surface area contributed by atoms with Crippen LogP contribution in [0.15, 0.2) is 29.2 Å². The maximum Gasteiger partial charge on any atom is 0.340 e. The fourth-order valence-electron chi connectivity index (χ4n) is 2.54. The Hall–Kier alpha value is -2.74. The summed E-state index contributed by atoms with van der Waals surface area (Å²) in [6.45, 7) is 1.76. The first-order valence-electron chi connectivity index (χ1n) is 7.08. The minimum absolute atomic E-state index is 0.110. The summed E-state index contributed by atoms with van der Waals surface area (Å²) >= 11 is 0. The van der Waals surface area contributed by atoms with Crippen LogP contribution in [0, 0.1) is 0 Å². The van der Waals surface area contributed by atoms with E-state index in [1.54, 1.807) is 12.3 Å². The highest BCUT2D eigenvalue weighted by Crippen LogP contribution is 2.28. The average molecular weight is 298 g/mol. The minimum atomic E-state index is -0.370. The summed E-state index contributed by atoms with van der Waals surface area (Å²) in [6.07, 6.45) is 2.77. The molecular weight excluding hydrogens is 284 g/mol. The van der Waals surface area contributed by atoms with Crippen molar-refractivity contribution in [3.63, 3.8) is 0 Å². The van der Waals surface area contributed by atoms with E-state index in [4.69, 9.17) is 4.74 Å². The zero-order chi connectivity index (χ0) is 14.9. The summed E-state index contributed by atoms with van der Waals surface area (Å²) in [4.78, 5) is 22.7. The molecule has 8 nitrogen and oxygen atoms in total. The summed E-state index contributed by atoms with van der Waals surface area (Å²) in [6, 6.07) is 5.43. The first-order valence-corrected chi connectivity index (χ1v) is 7.08. The fraction of sp³-hybridized carbons (Fsp3) is 0.286. The smallest absolute Gasteiger partial charge is 0.340 e. The van der Waals surface area contributed by atoms with Gasteiger partial charge in [-0.05, 0) is 25.1 Å². The van der Waals surface area contributed by atoms with Gasteiger partial charge in [-0.25, -0.2) is 14.9 Å². The van der Waals surface area contributed by atoms with Gasteiger partial charge < -0.3 is 10.1 Å². The van der Waals surface area contributed by atoms with Gasteiger partial charge in [-0.2, -0.15) is 5.10 Å². The molecule has 0 aromatic carbocycles. The van der Waals surface area contributed by atoms with Crippen LogP contribution in [0.25, 0.3) is 22.6 Å². The Morgan fingerprint density at radius 2 is 2.32 bits per heavy atom. The third-order valence-corrected chi connectivity index (χ3v) is 3.58. The SMILES string of the molecule is O=c1[nH]nc(-c2cc(OC3CCNC3)c3ncccc3n2)[nH]1. The van der Waals surface area contributed by atoms with Crippen molar-refractivity contribution in [2.24, 2.45) is 0 Å². The molecule has 1 aliphatic rings. The predicted octanol–water partition coefficient (Wildman–Crippen LogP) is 0.449. The van der Waals surface area contributed by atoms with Gasteiger partial charge in [0, 0.05) is 18.8 Å². The summed E-state index contributed by atoms with van der Waals surface area (Å²) in [5, 5.41) is 9.53. The molecule has 1 saturated heterocycles. The molecular formula is C14H14N6O2. The highest BCUT2D eigenvalue weighted by atomic mass is 16.5. The molecule has 112 valence electrons. The van der Waals surface area contributed by atoms with Crippen molar-refractivity contribution in [2.75, 3.05) is 13.1 Å². The number of hydrogen-bond acceptors (Lipinski definition) is 6. The highest BCUT2D eigenvalue weighted by molar-refractivity contribution is 5.83. The first-order chi connectivity index (χ1) is 10.8. The van der Waals surface area contributed by atoms with E-state index < -0.39 is 0 Å². The van der Waals surface area contributed by atoms with Crippen LogP contribution >= 0.6 is 0 Å². The zero-order valence-electron chi connectivity index (χ0n) is 11.7. The normalized spacial score (nSPS) is 17.9. The molecule has 1 fully saturated rings. The number of pyridine rings is 2. The molecule has 4 rings (SSSR count). The van der Waals surface area contributed by atoms with Crippen LogP contribution < -0.4 is 15.7 Å². The number of aromatic nitrogens is 5. The molecule has 0 saturated carbocycles. The van der Waals surface area contributed by atoms with E-state index in [9.17, 15) is 4.79 Å². The largest absolute Gasteiger partial charge is 0.487 e. The van der Waals surface area contributed by atoms with Gasteiger partial charge in [-0.1, -0.05) is 0 Å². The molecule has 1 aliphatic heterocycles. The summed E-state index contributed by atoms with van der Waals surface area (Å²) in [5.74, 6) is 1.03. The van der Waals surface area contributed by atoms with Crippen molar-refractivity contribution in [1.29, 1.82) is 0 Å². The van der Waals surface area contributed by atoms with Crippen LogP contribution in [0.3, 0.4) is 0 Å². The molecule has 3 aromatic rings. The van der Waals surface area contributed by atoms with Crippen LogP contribution in [0.2, 0.25) is 0 Å². The summed E-state index contributed by atoms with van der Waals surface area (Å²) in [5.41, 5.74) is 1.58. The van der Waals surface area contributed by atoms with Crippen LogP contribution in [-0.4, -0.2) is 44.3 Å². The van der Waals surface area contributed by atoms with Crippen molar-refractivity contribution in [2.45, 2.75) is 12.5 Å². The lowest BCUT2D eigenvalue weighted by Crippen LogP contribution is -2.19. The molecule has 3 aromatic heterocycles. The van der Waals surface area contributed by atoms with Crippen LogP contribution in [0.4, 0.5) is 0 Å². The van der Waals surface area contributed by atoms with E-state index >= 15 is 0 Å². The van der Waals surface area contributed by atoms with Gasteiger partial charge in [0.2, 0.25) is 0 Å². The Bertz CT molecular complexity index is 865. The molecule has 1 unspecified atom stereocenters. The number of fused-ring (bicyclic) bond motifs is 1. The summed E-state index contributed by atoms with van der Waals surface area (Å²) in [7, 11) is 0. The van der Waals surface area contributed by atoms with Gasteiger partial charge >= 0.3 is 5.69 Å². The second-order valence-electron chi connectivity index (χ2n) is 5.14. The maximum atomic E-state index is 11.2. The molecule has 0 bridgehead atoms. The first kappa shape index (κ1) is 13.0. The van der Waals surface area contributed by atoms with E-state index in [2.05, 4.69) is 30.5 Å². The molecule has 0 spiro atoms. The van der Waals surface area contributed by atoms with Crippen LogP contribution in [-0.2, 0) is 0 Å². The van der Waals surface area contributed by atoms with E-state index in [1.807, 2.05) is 12.1 Å². The van der Waals surface area contributed by atoms with E-state index in [1.165, 1.54) is 0 Å². The number of aromatic amines is 2. The van der Waals surface area contributed by atoms with Gasteiger partial charge in [-0.3, -0.25) is 9.97 Å². The maximum absolute atomic E-state index is 11.2. The molecule has 4 heterocycles. The second-order valence-corrected chi connectivity index (χ2v) is 5.14. The quantitative estimate of drug-likeness (QED) is 0.648. The van der Waals surface area contributed by atoms with Gasteiger partial charge in [-0.15, -0.1) is 0 Å². The molecule has 0 radical (unpaired) electrons. The average Bonchev–Trinajstić information content (AvgIpc) is 3.19. The number of nitrogens with zero attached hydrogens (tertiary/aromatic N) is 3. The monoisotopic (exact) mass is 298 g/mol. The second kappa shape index (κ2) is 5.23. The van der Waals surface area contributed by atoms with E-state index in [-0.39, 0.29) is 11.8 Å². The summed E-state index contributed by atoms with van der Waals surface area (Å²) < 4.78 is 6.06. The highest BCUT2D eigenvalue weighted by Gasteiger charge is 2.19. The topological polar surface area (TPSA) is 109 Å². The standard InChI is InChI=1S/C14H14N6O2/c21-14-18-13(19-20-14)10-6-11(22-8-3-5-15-7-8)12-9(17-10)2-1-4-16-12/h1-2,4,6,8,15H,3,5,7H2,(H2,18,19,20,21). The molecule has 0 aliphatic carbocycles. The lowest BCUT2D eigenvalue weighted by atomic mass is 10.2.